The topological polar surface area (TPSA) is 21.3 Å². The first-order valence-electron chi connectivity index (χ1n) is 5.84. The van der Waals surface area contributed by atoms with E-state index in [0.29, 0.717) is 6.61 Å². The standard InChI is InChI=1S/C15H21NO/c1-6-10-17-14-12(2)8-7-9-13(14)11-16-15(3,4)5/h1,7-9,16H,10-11H2,2-5H3. The van der Waals surface area contributed by atoms with Crippen LogP contribution < -0.4 is 10.1 Å². The van der Waals surface area contributed by atoms with Gasteiger partial charge in [-0.1, -0.05) is 24.1 Å². The van der Waals surface area contributed by atoms with E-state index in [1.54, 1.807) is 0 Å². The molecular weight excluding hydrogens is 210 g/mol. The van der Waals surface area contributed by atoms with Crippen molar-refractivity contribution in [2.75, 3.05) is 6.61 Å². The fourth-order valence-corrected chi connectivity index (χ4v) is 1.53. The molecule has 0 aliphatic carbocycles. The predicted octanol–water partition coefficient (Wildman–Crippen LogP) is 2.90. The lowest BCUT2D eigenvalue weighted by Crippen LogP contribution is -2.35. The number of hydrogen-bond donors (Lipinski definition) is 1. The Hall–Kier alpha value is -1.46. The van der Waals surface area contributed by atoms with Crippen LogP contribution in [0.15, 0.2) is 18.2 Å². The molecule has 0 bridgehead atoms. The summed E-state index contributed by atoms with van der Waals surface area (Å²) in [6.45, 7) is 9.56. The molecule has 1 aromatic rings. The molecule has 92 valence electrons. The van der Waals surface area contributed by atoms with Crippen molar-refractivity contribution in [3.63, 3.8) is 0 Å². The molecule has 0 radical (unpaired) electrons. The smallest absolute Gasteiger partial charge is 0.148 e. The maximum Gasteiger partial charge on any atom is 0.148 e. The molecule has 1 rings (SSSR count). The highest BCUT2D eigenvalue weighted by Crippen LogP contribution is 2.23. The molecule has 1 aromatic carbocycles. The maximum atomic E-state index is 5.61. The van der Waals surface area contributed by atoms with Crippen molar-refractivity contribution in [1.82, 2.24) is 5.32 Å². The predicted molar refractivity (Wildman–Crippen MR) is 72.1 cm³/mol. The number of benzene rings is 1. The number of ether oxygens (including phenoxy) is 1. The maximum absolute atomic E-state index is 5.61. The first kappa shape index (κ1) is 13.6. The lowest BCUT2D eigenvalue weighted by atomic mass is 10.1. The summed E-state index contributed by atoms with van der Waals surface area (Å²) < 4.78 is 5.61. The molecule has 2 nitrogen and oxygen atoms in total. The molecule has 0 heterocycles. The second-order valence-corrected chi connectivity index (χ2v) is 5.16. The van der Waals surface area contributed by atoms with Crippen LogP contribution in [0.4, 0.5) is 0 Å². The Kier molecular flexibility index (Phi) is 4.60. The summed E-state index contributed by atoms with van der Waals surface area (Å²) in [6.07, 6.45) is 5.23. The van der Waals surface area contributed by atoms with Gasteiger partial charge >= 0.3 is 0 Å². The molecule has 0 unspecified atom stereocenters. The highest BCUT2D eigenvalue weighted by molar-refractivity contribution is 5.41. The zero-order valence-corrected chi connectivity index (χ0v) is 11.1. The molecule has 0 aliphatic rings. The lowest BCUT2D eigenvalue weighted by Gasteiger charge is -2.22. The van der Waals surface area contributed by atoms with E-state index in [2.05, 4.69) is 38.1 Å². The highest BCUT2D eigenvalue weighted by atomic mass is 16.5. The molecule has 0 aliphatic heterocycles. The summed E-state index contributed by atoms with van der Waals surface area (Å²) in [5.74, 6) is 3.41. The van der Waals surface area contributed by atoms with Gasteiger partial charge in [0.15, 0.2) is 0 Å². The van der Waals surface area contributed by atoms with Crippen LogP contribution in [0.1, 0.15) is 31.9 Å². The van der Waals surface area contributed by atoms with Gasteiger partial charge in [-0.05, 0) is 33.3 Å². The molecule has 0 fully saturated rings. The van der Waals surface area contributed by atoms with Gasteiger partial charge in [-0.25, -0.2) is 0 Å². The van der Waals surface area contributed by atoms with E-state index in [1.165, 1.54) is 0 Å². The third-order valence-corrected chi connectivity index (χ3v) is 2.40. The Morgan fingerprint density at radius 3 is 2.65 bits per heavy atom. The Morgan fingerprint density at radius 2 is 2.06 bits per heavy atom. The summed E-state index contributed by atoms with van der Waals surface area (Å²) >= 11 is 0. The second kappa shape index (κ2) is 5.75. The number of rotatable bonds is 4. The fraction of sp³-hybridized carbons (Fsp3) is 0.467. The Bertz CT molecular complexity index is 410. The molecule has 0 saturated heterocycles. The lowest BCUT2D eigenvalue weighted by molar-refractivity contribution is 0.356. The number of terminal acetylenes is 1. The summed E-state index contributed by atoms with van der Waals surface area (Å²) in [4.78, 5) is 0. The zero-order chi connectivity index (χ0) is 12.9. The Labute approximate surface area is 104 Å². The fourth-order valence-electron chi connectivity index (χ4n) is 1.53. The van der Waals surface area contributed by atoms with Gasteiger partial charge in [0.2, 0.25) is 0 Å². The van der Waals surface area contributed by atoms with Crippen LogP contribution in [0, 0.1) is 19.3 Å². The van der Waals surface area contributed by atoms with Gasteiger partial charge in [-0.3, -0.25) is 0 Å². The molecule has 0 amide bonds. The van der Waals surface area contributed by atoms with Gasteiger partial charge in [0.1, 0.15) is 12.4 Å². The minimum Gasteiger partial charge on any atom is -0.480 e. The number of aryl methyl sites for hydroxylation is 1. The van der Waals surface area contributed by atoms with Crippen molar-refractivity contribution in [3.05, 3.63) is 29.3 Å². The SMILES string of the molecule is C#CCOc1c(C)cccc1CNC(C)(C)C. The second-order valence-electron chi connectivity index (χ2n) is 5.16. The van der Waals surface area contributed by atoms with E-state index in [-0.39, 0.29) is 5.54 Å². The van der Waals surface area contributed by atoms with Crippen LogP contribution in [0.3, 0.4) is 0 Å². The Balaban J connectivity index is 2.83. The van der Waals surface area contributed by atoms with Crippen LogP contribution in [-0.2, 0) is 6.54 Å². The van der Waals surface area contributed by atoms with Crippen LogP contribution >= 0.6 is 0 Å². The minimum atomic E-state index is 0.0904. The van der Waals surface area contributed by atoms with Crippen LogP contribution in [0.5, 0.6) is 5.75 Å². The van der Waals surface area contributed by atoms with Gasteiger partial charge in [0.25, 0.3) is 0 Å². The van der Waals surface area contributed by atoms with Crippen molar-refractivity contribution >= 4 is 0 Å². The van der Waals surface area contributed by atoms with E-state index in [4.69, 9.17) is 11.2 Å². The van der Waals surface area contributed by atoms with E-state index in [1.807, 2.05) is 19.1 Å². The van der Waals surface area contributed by atoms with E-state index < -0.39 is 0 Å². The van der Waals surface area contributed by atoms with Crippen molar-refractivity contribution < 1.29 is 4.74 Å². The molecular formula is C15H21NO. The van der Waals surface area contributed by atoms with Crippen LogP contribution in [0.2, 0.25) is 0 Å². The first-order valence-corrected chi connectivity index (χ1v) is 5.84. The average molecular weight is 231 g/mol. The van der Waals surface area contributed by atoms with Crippen molar-refractivity contribution in [2.45, 2.75) is 39.8 Å². The Morgan fingerprint density at radius 1 is 1.35 bits per heavy atom. The van der Waals surface area contributed by atoms with Crippen LogP contribution in [0.25, 0.3) is 0 Å². The van der Waals surface area contributed by atoms with E-state index in [9.17, 15) is 0 Å². The number of hydrogen-bond acceptors (Lipinski definition) is 2. The first-order chi connectivity index (χ1) is 7.94. The van der Waals surface area contributed by atoms with Crippen LogP contribution in [-0.4, -0.2) is 12.1 Å². The minimum absolute atomic E-state index is 0.0904. The summed E-state index contributed by atoms with van der Waals surface area (Å²) in [6, 6.07) is 6.14. The van der Waals surface area contributed by atoms with Gasteiger partial charge in [0.05, 0.1) is 0 Å². The van der Waals surface area contributed by atoms with Gasteiger partial charge in [-0.15, -0.1) is 6.42 Å². The third-order valence-electron chi connectivity index (χ3n) is 2.40. The highest BCUT2D eigenvalue weighted by Gasteiger charge is 2.12. The van der Waals surface area contributed by atoms with Gasteiger partial charge in [0, 0.05) is 17.6 Å². The average Bonchev–Trinajstić information content (AvgIpc) is 2.24. The van der Waals surface area contributed by atoms with E-state index >= 15 is 0 Å². The van der Waals surface area contributed by atoms with Gasteiger partial charge < -0.3 is 10.1 Å². The monoisotopic (exact) mass is 231 g/mol. The molecule has 1 N–H and O–H groups in total. The van der Waals surface area contributed by atoms with E-state index in [0.717, 1.165) is 23.4 Å². The molecule has 0 spiro atoms. The zero-order valence-electron chi connectivity index (χ0n) is 11.1. The molecule has 0 atom stereocenters. The van der Waals surface area contributed by atoms with Crippen molar-refractivity contribution in [3.8, 4) is 18.1 Å². The summed E-state index contributed by atoms with van der Waals surface area (Å²) in [5, 5.41) is 3.45. The summed E-state index contributed by atoms with van der Waals surface area (Å²) in [5.41, 5.74) is 2.36. The third kappa shape index (κ3) is 4.50. The molecule has 0 saturated carbocycles. The molecule has 0 aromatic heterocycles. The number of nitrogens with one attached hydrogen (secondary N) is 1. The quantitative estimate of drug-likeness (QED) is 0.804. The van der Waals surface area contributed by atoms with Crippen molar-refractivity contribution in [1.29, 1.82) is 0 Å². The number of para-hydroxylation sites is 1. The largest absolute Gasteiger partial charge is 0.480 e. The molecule has 17 heavy (non-hydrogen) atoms. The normalized spacial score (nSPS) is 11.0. The van der Waals surface area contributed by atoms with Gasteiger partial charge in [-0.2, -0.15) is 0 Å². The van der Waals surface area contributed by atoms with Crippen molar-refractivity contribution in [2.24, 2.45) is 0 Å². The summed E-state index contributed by atoms with van der Waals surface area (Å²) in [7, 11) is 0. The molecule has 2 heteroatoms.